The first kappa shape index (κ1) is 22.1. The monoisotopic (exact) mass is 469 g/mol. The van der Waals surface area contributed by atoms with E-state index in [9.17, 15) is 4.79 Å². The second-order valence-corrected chi connectivity index (χ2v) is 8.79. The molecule has 1 unspecified atom stereocenters. The smallest absolute Gasteiger partial charge is 0.227 e. The van der Waals surface area contributed by atoms with Crippen LogP contribution in [0.1, 0.15) is 47.5 Å². The largest absolute Gasteiger partial charge is 0.358 e. The number of aliphatic imine (C=N–C) groups is 1. The van der Waals surface area contributed by atoms with Crippen molar-refractivity contribution in [2.75, 3.05) is 5.32 Å². The number of nitrogens with zero attached hydrogens (tertiary/aromatic N) is 2. The van der Waals surface area contributed by atoms with Gasteiger partial charge in [0.25, 0.3) is 0 Å². The van der Waals surface area contributed by atoms with E-state index in [1.165, 1.54) is 5.56 Å². The molecule has 6 heteroatoms. The maximum Gasteiger partial charge on any atom is 0.227 e. The lowest BCUT2D eigenvalue weighted by molar-refractivity contribution is -0.116. The molecule has 0 bridgehead atoms. The van der Waals surface area contributed by atoms with Crippen molar-refractivity contribution in [3.8, 4) is 11.1 Å². The molecule has 1 N–H and O–H groups in total. The number of aromatic nitrogens is 1. The summed E-state index contributed by atoms with van der Waals surface area (Å²) in [5.74, 6) is 0.463. The number of benzene rings is 3. The lowest BCUT2D eigenvalue weighted by Crippen LogP contribution is -2.16. The predicted octanol–water partition coefficient (Wildman–Crippen LogP) is 6.79. The SMILES string of the molecule is CCc1ccc(NC(=O)CC2N=C(c3ccc(Cl)cc3)c3ccccc3-c3c(C)noc32)cc1. The average Bonchev–Trinajstić information content (AvgIpc) is 3.17. The lowest BCUT2D eigenvalue weighted by atomic mass is 9.93. The molecule has 5 nitrogen and oxygen atoms in total. The topological polar surface area (TPSA) is 67.5 Å². The Morgan fingerprint density at radius 1 is 1.00 bits per heavy atom. The molecule has 1 amide bonds. The third-order valence-corrected chi connectivity index (χ3v) is 6.32. The summed E-state index contributed by atoms with van der Waals surface area (Å²) in [7, 11) is 0. The van der Waals surface area contributed by atoms with E-state index in [-0.39, 0.29) is 12.3 Å². The van der Waals surface area contributed by atoms with Crippen LogP contribution in [0, 0.1) is 6.92 Å². The molecule has 170 valence electrons. The van der Waals surface area contributed by atoms with Crippen LogP contribution < -0.4 is 5.32 Å². The minimum absolute atomic E-state index is 0.127. The van der Waals surface area contributed by atoms with E-state index in [4.69, 9.17) is 21.1 Å². The summed E-state index contributed by atoms with van der Waals surface area (Å²) in [4.78, 5) is 18.1. The second-order valence-electron chi connectivity index (χ2n) is 8.36. The molecule has 1 aliphatic rings. The van der Waals surface area contributed by atoms with Gasteiger partial charge < -0.3 is 9.84 Å². The van der Waals surface area contributed by atoms with Gasteiger partial charge in [0.15, 0.2) is 5.76 Å². The van der Waals surface area contributed by atoms with Gasteiger partial charge in [-0.1, -0.05) is 72.2 Å². The molecule has 0 saturated carbocycles. The first-order valence-electron chi connectivity index (χ1n) is 11.3. The quantitative estimate of drug-likeness (QED) is 0.350. The maximum absolute atomic E-state index is 13.1. The van der Waals surface area contributed by atoms with Crippen molar-refractivity contribution in [2.24, 2.45) is 4.99 Å². The standard InChI is InChI=1S/C28H24ClN3O2/c1-3-18-8-14-21(15-9-18)30-25(33)16-24-28-26(17(2)32-34-28)22-6-4-5-7-23(22)27(31-24)19-10-12-20(29)13-11-19/h4-15,24H,3,16H2,1-2H3,(H,30,33). The van der Waals surface area contributed by atoms with E-state index in [1.54, 1.807) is 0 Å². The highest BCUT2D eigenvalue weighted by molar-refractivity contribution is 6.30. The highest BCUT2D eigenvalue weighted by Gasteiger charge is 2.31. The molecule has 0 radical (unpaired) electrons. The van der Waals surface area contributed by atoms with Crippen molar-refractivity contribution in [1.82, 2.24) is 5.16 Å². The number of carbonyl (C=O) groups excluding carboxylic acids is 1. The Morgan fingerprint density at radius 2 is 1.71 bits per heavy atom. The van der Waals surface area contributed by atoms with Gasteiger partial charge in [-0.2, -0.15) is 0 Å². The van der Waals surface area contributed by atoms with Crippen LogP contribution in [0.4, 0.5) is 5.69 Å². The summed E-state index contributed by atoms with van der Waals surface area (Å²) >= 11 is 6.14. The molecule has 1 aromatic heterocycles. The number of carbonyl (C=O) groups is 1. The van der Waals surface area contributed by atoms with Gasteiger partial charge in [-0.05, 0) is 48.7 Å². The first-order chi connectivity index (χ1) is 16.5. The number of fused-ring (bicyclic) bond motifs is 3. The van der Waals surface area contributed by atoms with Crippen molar-refractivity contribution >= 4 is 28.9 Å². The van der Waals surface area contributed by atoms with Gasteiger partial charge in [-0.25, -0.2) is 0 Å². The lowest BCUT2D eigenvalue weighted by Gasteiger charge is -2.13. The number of hydrogen-bond donors (Lipinski definition) is 1. The fourth-order valence-electron chi connectivity index (χ4n) is 4.32. The maximum atomic E-state index is 13.1. The van der Waals surface area contributed by atoms with Gasteiger partial charge in [-0.15, -0.1) is 0 Å². The van der Waals surface area contributed by atoms with Gasteiger partial charge in [-0.3, -0.25) is 9.79 Å². The molecule has 4 aromatic rings. The number of amides is 1. The molecule has 1 aliphatic heterocycles. The molecule has 0 fully saturated rings. The minimum atomic E-state index is -0.524. The van der Waals surface area contributed by atoms with Gasteiger partial charge in [0.2, 0.25) is 5.91 Å². The molecule has 1 atom stereocenters. The zero-order valence-electron chi connectivity index (χ0n) is 19.0. The Labute approximate surface area is 203 Å². The molecule has 0 aliphatic carbocycles. The molecule has 2 heterocycles. The van der Waals surface area contributed by atoms with E-state index < -0.39 is 6.04 Å². The number of hydrogen-bond acceptors (Lipinski definition) is 4. The van der Waals surface area contributed by atoms with Crippen molar-refractivity contribution in [3.63, 3.8) is 0 Å². The van der Waals surface area contributed by atoms with Gasteiger partial charge in [0, 0.05) is 21.8 Å². The summed E-state index contributed by atoms with van der Waals surface area (Å²) in [6.07, 6.45) is 1.08. The van der Waals surface area contributed by atoms with E-state index in [1.807, 2.05) is 79.7 Å². The van der Waals surface area contributed by atoms with Crippen LogP contribution in [0.15, 0.2) is 82.3 Å². The number of rotatable bonds is 5. The van der Waals surface area contributed by atoms with Crippen LogP contribution in [-0.2, 0) is 11.2 Å². The molecule has 0 spiro atoms. The van der Waals surface area contributed by atoms with Gasteiger partial charge in [0.05, 0.1) is 23.4 Å². The summed E-state index contributed by atoms with van der Waals surface area (Å²) < 4.78 is 5.76. The van der Waals surface area contributed by atoms with E-state index >= 15 is 0 Å². The zero-order valence-corrected chi connectivity index (χ0v) is 19.8. The van der Waals surface area contributed by atoms with Crippen LogP contribution >= 0.6 is 11.6 Å². The third kappa shape index (κ3) is 4.27. The predicted molar refractivity (Wildman–Crippen MR) is 136 cm³/mol. The van der Waals surface area contributed by atoms with Crippen LogP contribution in [0.25, 0.3) is 11.1 Å². The van der Waals surface area contributed by atoms with Crippen molar-refractivity contribution < 1.29 is 9.32 Å². The van der Waals surface area contributed by atoms with Crippen molar-refractivity contribution in [1.29, 1.82) is 0 Å². The van der Waals surface area contributed by atoms with Crippen LogP contribution in [0.5, 0.6) is 0 Å². The normalized spacial score (nSPS) is 14.6. The third-order valence-electron chi connectivity index (χ3n) is 6.07. The Hall–Kier alpha value is -3.70. The van der Waals surface area contributed by atoms with Crippen LogP contribution in [0.2, 0.25) is 5.02 Å². The highest BCUT2D eigenvalue weighted by Crippen LogP contribution is 2.40. The molecule has 3 aromatic carbocycles. The van der Waals surface area contributed by atoms with E-state index in [0.29, 0.717) is 10.8 Å². The number of aryl methyl sites for hydroxylation is 2. The first-order valence-corrected chi connectivity index (χ1v) is 11.7. The van der Waals surface area contributed by atoms with Crippen LogP contribution in [-0.4, -0.2) is 16.8 Å². The van der Waals surface area contributed by atoms with Crippen molar-refractivity contribution in [2.45, 2.75) is 32.7 Å². The number of nitrogens with one attached hydrogen (secondary N) is 1. The van der Waals surface area contributed by atoms with Gasteiger partial charge >= 0.3 is 0 Å². The molecule has 5 rings (SSSR count). The second kappa shape index (κ2) is 9.27. The van der Waals surface area contributed by atoms with Gasteiger partial charge in [0.1, 0.15) is 6.04 Å². The fraction of sp³-hybridized carbons (Fsp3) is 0.179. The van der Waals surface area contributed by atoms with E-state index in [0.717, 1.165) is 45.8 Å². The average molecular weight is 470 g/mol. The van der Waals surface area contributed by atoms with Crippen molar-refractivity contribution in [3.05, 3.63) is 106 Å². The summed E-state index contributed by atoms with van der Waals surface area (Å²) in [5.41, 5.74) is 7.33. The summed E-state index contributed by atoms with van der Waals surface area (Å²) in [5, 5.41) is 7.87. The Kier molecular flexibility index (Phi) is 6.03. The molecular formula is C28H24ClN3O2. The Bertz CT molecular complexity index is 1370. The summed E-state index contributed by atoms with van der Waals surface area (Å²) in [6, 6.07) is 23.0. The molecule has 0 saturated heterocycles. The molecule has 34 heavy (non-hydrogen) atoms. The van der Waals surface area contributed by atoms with Crippen LogP contribution in [0.3, 0.4) is 0 Å². The Balaban J connectivity index is 1.55. The van der Waals surface area contributed by atoms with E-state index in [2.05, 4.69) is 17.4 Å². The number of halogens is 1. The molecular weight excluding hydrogens is 446 g/mol. The number of anilines is 1. The fourth-order valence-corrected chi connectivity index (χ4v) is 4.45. The zero-order chi connectivity index (χ0) is 23.7. The Morgan fingerprint density at radius 3 is 2.41 bits per heavy atom. The summed E-state index contributed by atoms with van der Waals surface area (Å²) in [6.45, 7) is 4.02. The highest BCUT2D eigenvalue weighted by atomic mass is 35.5. The minimum Gasteiger partial charge on any atom is -0.358 e.